The average Bonchev–Trinajstić information content (AvgIpc) is 2.84. The van der Waals surface area contributed by atoms with Crippen molar-refractivity contribution in [1.82, 2.24) is 9.47 Å². The number of hydrogen-bond donors (Lipinski definition) is 1. The molecular formula is C29H30ClN3O. The summed E-state index contributed by atoms with van der Waals surface area (Å²) in [5.41, 5.74) is 4.31. The number of likely N-dealkylation sites (tertiary alicyclic amines) is 1. The number of piperidine rings is 1. The number of benzene rings is 3. The lowest BCUT2D eigenvalue weighted by Gasteiger charge is -2.45. The maximum absolute atomic E-state index is 12.8. The van der Waals surface area contributed by atoms with E-state index < -0.39 is 0 Å². The second kappa shape index (κ2) is 9.28. The number of aromatic nitrogens is 1. The van der Waals surface area contributed by atoms with E-state index >= 15 is 0 Å². The van der Waals surface area contributed by atoms with Gasteiger partial charge in [0, 0.05) is 42.4 Å². The number of aryl methyl sites for hydroxylation is 1. The van der Waals surface area contributed by atoms with Gasteiger partial charge in [-0.2, -0.15) is 0 Å². The minimum Gasteiger partial charge on any atom is -0.374 e. The largest absolute Gasteiger partial charge is 0.374 e. The Balaban J connectivity index is 1.56. The topological polar surface area (TPSA) is 37.3 Å². The van der Waals surface area contributed by atoms with Crippen LogP contribution in [0, 0.1) is 6.92 Å². The van der Waals surface area contributed by atoms with Gasteiger partial charge in [0.2, 0.25) is 0 Å². The lowest BCUT2D eigenvalue weighted by Crippen LogP contribution is -2.50. The minimum atomic E-state index is -0.310. The highest BCUT2D eigenvalue weighted by Gasteiger charge is 2.38. The maximum atomic E-state index is 12.8. The first-order valence-electron chi connectivity index (χ1n) is 11.8. The molecule has 3 aromatic carbocycles. The van der Waals surface area contributed by atoms with Crippen LogP contribution in [0.2, 0.25) is 5.02 Å². The summed E-state index contributed by atoms with van der Waals surface area (Å²) >= 11 is 6.60. The summed E-state index contributed by atoms with van der Waals surface area (Å²) in [5.74, 6) is 0. The third-order valence-corrected chi connectivity index (χ3v) is 7.48. The zero-order valence-electron chi connectivity index (χ0n) is 19.7. The highest BCUT2D eigenvalue weighted by molar-refractivity contribution is 6.31. The Labute approximate surface area is 205 Å². The van der Waals surface area contributed by atoms with Crippen LogP contribution in [0.25, 0.3) is 10.8 Å². The number of anilines is 1. The Morgan fingerprint density at radius 3 is 2.68 bits per heavy atom. The summed E-state index contributed by atoms with van der Waals surface area (Å²) in [6.07, 6.45) is 3.88. The molecule has 1 saturated heterocycles. The van der Waals surface area contributed by atoms with Crippen molar-refractivity contribution >= 4 is 28.1 Å². The van der Waals surface area contributed by atoms with Crippen LogP contribution in [-0.4, -0.2) is 22.6 Å². The molecular weight excluding hydrogens is 442 g/mol. The second-order valence-corrected chi connectivity index (χ2v) is 9.86. The van der Waals surface area contributed by atoms with E-state index in [0.717, 1.165) is 59.5 Å². The van der Waals surface area contributed by atoms with Gasteiger partial charge in [0.1, 0.15) is 0 Å². The van der Waals surface area contributed by atoms with Gasteiger partial charge in [-0.25, -0.2) is 0 Å². The van der Waals surface area contributed by atoms with E-state index in [-0.39, 0.29) is 11.1 Å². The van der Waals surface area contributed by atoms with Gasteiger partial charge >= 0.3 is 0 Å². The predicted molar refractivity (Wildman–Crippen MR) is 142 cm³/mol. The highest BCUT2D eigenvalue weighted by Crippen LogP contribution is 2.39. The first kappa shape index (κ1) is 22.7. The van der Waals surface area contributed by atoms with Gasteiger partial charge in [0.15, 0.2) is 0 Å². The molecule has 0 aliphatic carbocycles. The van der Waals surface area contributed by atoms with Gasteiger partial charge in [-0.05, 0) is 72.7 Å². The van der Waals surface area contributed by atoms with Gasteiger partial charge in [-0.15, -0.1) is 0 Å². The zero-order valence-corrected chi connectivity index (χ0v) is 20.5. The van der Waals surface area contributed by atoms with Gasteiger partial charge in [-0.3, -0.25) is 9.69 Å². The van der Waals surface area contributed by atoms with Crippen LogP contribution < -0.4 is 10.9 Å². The molecule has 5 heteroatoms. The molecule has 4 nitrogen and oxygen atoms in total. The molecule has 0 spiro atoms. The smallest absolute Gasteiger partial charge is 0.258 e. The van der Waals surface area contributed by atoms with E-state index in [1.165, 1.54) is 11.1 Å². The quantitative estimate of drug-likeness (QED) is 0.382. The average molecular weight is 472 g/mol. The molecule has 5 rings (SSSR count). The van der Waals surface area contributed by atoms with Crippen molar-refractivity contribution in [3.63, 3.8) is 0 Å². The molecule has 1 N–H and O–H groups in total. The lowest BCUT2D eigenvalue weighted by molar-refractivity contribution is 0.154. The Morgan fingerprint density at radius 2 is 1.85 bits per heavy atom. The lowest BCUT2D eigenvalue weighted by atomic mass is 9.79. The number of rotatable bonds is 5. The Morgan fingerprint density at radius 1 is 1.03 bits per heavy atom. The zero-order chi connectivity index (χ0) is 23.7. The molecule has 0 saturated carbocycles. The molecule has 1 aliphatic heterocycles. The summed E-state index contributed by atoms with van der Waals surface area (Å²) in [5, 5.41) is 6.35. The van der Waals surface area contributed by atoms with Crippen LogP contribution in [0.5, 0.6) is 0 Å². The van der Waals surface area contributed by atoms with Gasteiger partial charge < -0.3 is 9.88 Å². The summed E-state index contributed by atoms with van der Waals surface area (Å²) in [6.45, 7) is 4.92. The van der Waals surface area contributed by atoms with Gasteiger partial charge in [0.05, 0.1) is 5.54 Å². The monoisotopic (exact) mass is 471 g/mol. The van der Waals surface area contributed by atoms with Crippen molar-refractivity contribution in [3.8, 4) is 0 Å². The second-order valence-electron chi connectivity index (χ2n) is 9.45. The molecule has 0 amide bonds. The molecule has 34 heavy (non-hydrogen) atoms. The fourth-order valence-electron chi connectivity index (χ4n) is 5.33. The van der Waals surface area contributed by atoms with Gasteiger partial charge in [0.25, 0.3) is 5.56 Å². The molecule has 1 aliphatic rings. The first-order chi connectivity index (χ1) is 16.4. The van der Waals surface area contributed by atoms with Crippen molar-refractivity contribution in [3.05, 3.63) is 111 Å². The van der Waals surface area contributed by atoms with Crippen molar-refractivity contribution < 1.29 is 0 Å². The van der Waals surface area contributed by atoms with E-state index in [9.17, 15) is 4.79 Å². The Bertz CT molecular complexity index is 1380. The number of fused-ring (bicyclic) bond motifs is 1. The molecule has 1 fully saturated rings. The minimum absolute atomic E-state index is 0.0171. The highest BCUT2D eigenvalue weighted by atomic mass is 35.5. The number of hydrogen-bond acceptors (Lipinski definition) is 3. The van der Waals surface area contributed by atoms with E-state index in [2.05, 4.69) is 59.6 Å². The van der Waals surface area contributed by atoms with E-state index in [1.807, 2.05) is 36.5 Å². The molecule has 2 heterocycles. The summed E-state index contributed by atoms with van der Waals surface area (Å²) in [4.78, 5) is 15.3. The van der Waals surface area contributed by atoms with Crippen molar-refractivity contribution in [2.45, 2.75) is 31.8 Å². The van der Waals surface area contributed by atoms with Crippen LogP contribution >= 0.6 is 11.6 Å². The first-order valence-corrected chi connectivity index (χ1v) is 12.2. The summed E-state index contributed by atoms with van der Waals surface area (Å²) in [6, 6.07) is 24.9. The van der Waals surface area contributed by atoms with Crippen molar-refractivity contribution in [2.75, 3.05) is 18.4 Å². The van der Waals surface area contributed by atoms with Crippen LogP contribution in [0.1, 0.15) is 29.5 Å². The maximum Gasteiger partial charge on any atom is 0.258 e. The predicted octanol–water partition coefficient (Wildman–Crippen LogP) is 6.10. The molecule has 0 radical (unpaired) electrons. The molecule has 4 aromatic rings. The normalized spacial score (nSPS) is 18.8. The van der Waals surface area contributed by atoms with Crippen LogP contribution in [0.3, 0.4) is 0 Å². The van der Waals surface area contributed by atoms with E-state index in [0.29, 0.717) is 0 Å². The Hall–Kier alpha value is -3.08. The molecule has 1 unspecified atom stereocenters. The van der Waals surface area contributed by atoms with Gasteiger partial charge in [-0.1, -0.05) is 60.1 Å². The van der Waals surface area contributed by atoms with Crippen LogP contribution in [0.4, 0.5) is 5.69 Å². The fourth-order valence-corrected chi connectivity index (χ4v) is 5.50. The van der Waals surface area contributed by atoms with E-state index in [1.54, 1.807) is 11.6 Å². The van der Waals surface area contributed by atoms with Crippen molar-refractivity contribution in [2.24, 2.45) is 7.05 Å². The van der Waals surface area contributed by atoms with Crippen LogP contribution in [-0.2, 0) is 19.1 Å². The number of pyridine rings is 1. The summed E-state index contributed by atoms with van der Waals surface area (Å²) in [7, 11) is 1.79. The molecule has 174 valence electrons. The number of halogens is 1. The standard InChI is InChI=1S/C29H30ClN3O/c1-21-26(10-6-11-27(21)30)29(15-7-16-33(20-29)19-22-8-4-3-5-9-22)31-24-13-12-23-14-17-32(2)28(34)25(23)18-24/h3-6,8-14,17-18,31H,7,15-16,19-20H2,1-2H3. The SMILES string of the molecule is Cc1c(Cl)cccc1C1(Nc2ccc3ccn(C)c(=O)c3c2)CCCN(Cc2ccccc2)C1. The van der Waals surface area contributed by atoms with E-state index in [4.69, 9.17) is 11.6 Å². The third-order valence-electron chi connectivity index (χ3n) is 7.07. The number of nitrogens with one attached hydrogen (secondary N) is 1. The molecule has 0 bridgehead atoms. The van der Waals surface area contributed by atoms with Crippen LogP contribution in [0.15, 0.2) is 83.8 Å². The summed E-state index contributed by atoms with van der Waals surface area (Å²) < 4.78 is 1.63. The molecule has 1 aromatic heterocycles. The fraction of sp³-hybridized carbons (Fsp3) is 0.276. The third kappa shape index (κ3) is 4.36. The Kier molecular flexibility index (Phi) is 6.20. The number of nitrogens with zero attached hydrogens (tertiary/aromatic N) is 2. The van der Waals surface area contributed by atoms with Crippen molar-refractivity contribution in [1.29, 1.82) is 0 Å². The molecule has 1 atom stereocenters.